The molecule has 92 valence electrons. The Labute approximate surface area is 109 Å². The van der Waals surface area contributed by atoms with E-state index in [4.69, 9.17) is 5.11 Å². The van der Waals surface area contributed by atoms with E-state index in [1.54, 1.807) is 6.20 Å². The summed E-state index contributed by atoms with van der Waals surface area (Å²) in [6.07, 6.45) is 1.66. The Hall–Kier alpha value is -1.72. The van der Waals surface area contributed by atoms with Gasteiger partial charge in [-0.1, -0.05) is 24.3 Å². The summed E-state index contributed by atoms with van der Waals surface area (Å²) in [5, 5.41) is 9.05. The zero-order valence-electron chi connectivity index (χ0n) is 9.67. The average molecular weight is 260 g/mol. The maximum absolute atomic E-state index is 11.0. The minimum Gasteiger partial charge on any atom is -0.477 e. The van der Waals surface area contributed by atoms with E-state index >= 15 is 0 Å². The summed E-state index contributed by atoms with van der Waals surface area (Å²) in [5.41, 5.74) is 3.47. The molecule has 1 N–H and O–H groups in total. The van der Waals surface area contributed by atoms with Gasteiger partial charge in [0.05, 0.1) is 0 Å². The SMILES string of the molecule is O=C(O)c1sncc1CN1Cc2ccccc2C1. The van der Waals surface area contributed by atoms with Crippen LogP contribution in [0.25, 0.3) is 0 Å². The quantitative estimate of drug-likeness (QED) is 0.920. The molecule has 18 heavy (non-hydrogen) atoms. The van der Waals surface area contributed by atoms with Gasteiger partial charge in [-0.2, -0.15) is 4.37 Å². The second kappa shape index (κ2) is 4.51. The van der Waals surface area contributed by atoms with Crippen LogP contribution in [-0.2, 0) is 19.6 Å². The van der Waals surface area contributed by atoms with Crippen molar-refractivity contribution < 1.29 is 9.90 Å². The van der Waals surface area contributed by atoms with Gasteiger partial charge in [0.25, 0.3) is 0 Å². The zero-order chi connectivity index (χ0) is 12.5. The number of benzene rings is 1. The lowest BCUT2D eigenvalue weighted by Gasteiger charge is -2.13. The first-order valence-corrected chi connectivity index (χ1v) is 6.47. The van der Waals surface area contributed by atoms with Gasteiger partial charge < -0.3 is 5.11 Å². The smallest absolute Gasteiger partial charge is 0.347 e. The van der Waals surface area contributed by atoms with Gasteiger partial charge >= 0.3 is 5.97 Å². The van der Waals surface area contributed by atoms with Gasteiger partial charge in [0.1, 0.15) is 4.88 Å². The van der Waals surface area contributed by atoms with Crippen LogP contribution < -0.4 is 0 Å². The van der Waals surface area contributed by atoms with Crippen molar-refractivity contribution in [1.29, 1.82) is 0 Å². The standard InChI is InChI=1S/C13H12N2O2S/c16-13(17)12-11(5-14-18-12)8-15-6-9-3-1-2-4-10(9)7-15/h1-5H,6-8H2,(H,16,17). The Morgan fingerprint density at radius 2 is 2.00 bits per heavy atom. The Balaban J connectivity index is 1.76. The average Bonchev–Trinajstić information content (AvgIpc) is 2.94. The third-order valence-electron chi connectivity index (χ3n) is 3.14. The minimum absolute atomic E-state index is 0.353. The predicted octanol–water partition coefficient (Wildman–Crippen LogP) is 2.36. The molecular formula is C13H12N2O2S. The maximum Gasteiger partial charge on any atom is 0.347 e. The zero-order valence-corrected chi connectivity index (χ0v) is 10.5. The second-order valence-corrected chi connectivity index (χ2v) is 5.20. The maximum atomic E-state index is 11.0. The van der Waals surface area contributed by atoms with Gasteiger partial charge in [-0.3, -0.25) is 4.90 Å². The van der Waals surface area contributed by atoms with Gasteiger partial charge in [-0.25, -0.2) is 4.79 Å². The molecule has 0 radical (unpaired) electrons. The predicted molar refractivity (Wildman–Crippen MR) is 68.5 cm³/mol. The highest BCUT2D eigenvalue weighted by Crippen LogP contribution is 2.25. The van der Waals surface area contributed by atoms with Crippen molar-refractivity contribution in [2.24, 2.45) is 0 Å². The lowest BCUT2D eigenvalue weighted by molar-refractivity contribution is 0.0700. The molecule has 4 nitrogen and oxygen atoms in total. The van der Waals surface area contributed by atoms with Crippen molar-refractivity contribution in [3.8, 4) is 0 Å². The molecule has 0 unspecified atom stereocenters. The van der Waals surface area contributed by atoms with Crippen molar-refractivity contribution in [3.05, 3.63) is 52.0 Å². The molecule has 1 aromatic heterocycles. The van der Waals surface area contributed by atoms with E-state index in [0.717, 1.165) is 30.2 Å². The Morgan fingerprint density at radius 3 is 2.61 bits per heavy atom. The fraction of sp³-hybridized carbons (Fsp3) is 0.231. The van der Waals surface area contributed by atoms with Crippen molar-refractivity contribution in [3.63, 3.8) is 0 Å². The number of rotatable bonds is 3. The number of hydrogen-bond acceptors (Lipinski definition) is 4. The van der Waals surface area contributed by atoms with Crippen LogP contribution in [0, 0.1) is 0 Å². The van der Waals surface area contributed by atoms with E-state index < -0.39 is 5.97 Å². The molecule has 0 fully saturated rings. The molecule has 0 amide bonds. The van der Waals surface area contributed by atoms with Crippen molar-refractivity contribution in [2.75, 3.05) is 0 Å². The van der Waals surface area contributed by atoms with E-state index in [0.29, 0.717) is 11.4 Å². The van der Waals surface area contributed by atoms with Crippen LogP contribution in [0.2, 0.25) is 0 Å². The summed E-state index contributed by atoms with van der Waals surface area (Å²) in [4.78, 5) is 13.6. The number of aromatic carboxylic acids is 1. The molecular weight excluding hydrogens is 248 g/mol. The van der Waals surface area contributed by atoms with E-state index in [-0.39, 0.29) is 0 Å². The van der Waals surface area contributed by atoms with Crippen LogP contribution in [-0.4, -0.2) is 20.3 Å². The second-order valence-electron chi connectivity index (χ2n) is 4.40. The van der Waals surface area contributed by atoms with E-state index in [2.05, 4.69) is 21.4 Å². The molecule has 0 bridgehead atoms. The van der Waals surface area contributed by atoms with Gasteiger partial charge in [0.15, 0.2) is 0 Å². The first-order chi connectivity index (χ1) is 8.74. The third kappa shape index (κ3) is 2.02. The summed E-state index contributed by atoms with van der Waals surface area (Å²) in [6, 6.07) is 8.33. The fourth-order valence-corrected chi connectivity index (χ4v) is 2.90. The number of hydrogen-bond donors (Lipinski definition) is 1. The van der Waals surface area contributed by atoms with E-state index in [1.807, 2.05) is 12.1 Å². The number of carboxylic acid groups (broad SMARTS) is 1. The molecule has 0 saturated heterocycles. The lowest BCUT2D eigenvalue weighted by atomic mass is 10.1. The minimum atomic E-state index is -0.885. The molecule has 1 aliphatic heterocycles. The molecule has 5 heteroatoms. The number of aromatic nitrogens is 1. The monoisotopic (exact) mass is 260 g/mol. The van der Waals surface area contributed by atoms with Crippen LogP contribution >= 0.6 is 11.5 Å². The molecule has 1 aliphatic rings. The molecule has 0 spiro atoms. The third-order valence-corrected chi connectivity index (χ3v) is 3.97. The van der Waals surface area contributed by atoms with Crippen LogP contribution in [0.3, 0.4) is 0 Å². The van der Waals surface area contributed by atoms with Crippen LogP contribution in [0.4, 0.5) is 0 Å². The number of carboxylic acids is 1. The summed E-state index contributed by atoms with van der Waals surface area (Å²) in [6.45, 7) is 2.41. The fourth-order valence-electron chi connectivity index (χ4n) is 2.31. The highest BCUT2D eigenvalue weighted by molar-refractivity contribution is 7.08. The molecule has 1 aromatic carbocycles. The van der Waals surface area contributed by atoms with Gasteiger partial charge in [0, 0.05) is 31.4 Å². The van der Waals surface area contributed by atoms with Gasteiger partial charge in [0.2, 0.25) is 0 Å². The van der Waals surface area contributed by atoms with E-state index in [1.165, 1.54) is 11.1 Å². The van der Waals surface area contributed by atoms with Gasteiger partial charge in [-0.05, 0) is 22.7 Å². The first-order valence-electron chi connectivity index (χ1n) is 5.70. The summed E-state index contributed by atoms with van der Waals surface area (Å²) in [5.74, 6) is -0.885. The highest BCUT2D eigenvalue weighted by atomic mass is 32.1. The van der Waals surface area contributed by atoms with E-state index in [9.17, 15) is 4.79 Å². The summed E-state index contributed by atoms with van der Waals surface area (Å²) < 4.78 is 3.97. The van der Waals surface area contributed by atoms with Crippen molar-refractivity contribution >= 4 is 17.5 Å². The molecule has 2 aromatic rings. The number of carbonyl (C=O) groups is 1. The topological polar surface area (TPSA) is 53.4 Å². The molecule has 0 atom stereocenters. The summed E-state index contributed by atoms with van der Waals surface area (Å²) >= 11 is 1.05. The highest BCUT2D eigenvalue weighted by Gasteiger charge is 2.21. The molecule has 0 saturated carbocycles. The first kappa shape index (κ1) is 11.4. The summed E-state index contributed by atoms with van der Waals surface area (Å²) in [7, 11) is 0. The van der Waals surface area contributed by atoms with Crippen LogP contribution in [0.1, 0.15) is 26.4 Å². The van der Waals surface area contributed by atoms with Gasteiger partial charge in [-0.15, -0.1) is 0 Å². The molecule has 0 aliphatic carbocycles. The van der Waals surface area contributed by atoms with Crippen molar-refractivity contribution in [1.82, 2.24) is 9.27 Å². The molecule has 3 rings (SSSR count). The van der Waals surface area contributed by atoms with Crippen LogP contribution in [0.5, 0.6) is 0 Å². The van der Waals surface area contributed by atoms with Crippen molar-refractivity contribution in [2.45, 2.75) is 19.6 Å². The lowest BCUT2D eigenvalue weighted by Crippen LogP contribution is -2.16. The Morgan fingerprint density at radius 1 is 1.33 bits per heavy atom. The normalized spacial score (nSPS) is 14.7. The number of fused-ring (bicyclic) bond motifs is 1. The van der Waals surface area contributed by atoms with Crippen LogP contribution in [0.15, 0.2) is 30.5 Å². The Bertz CT molecular complexity index is 569. The largest absolute Gasteiger partial charge is 0.477 e. The Kier molecular flexibility index (Phi) is 2.85. The number of nitrogens with zero attached hydrogens (tertiary/aromatic N) is 2. The molecule has 2 heterocycles.